The fourth-order valence-electron chi connectivity index (χ4n) is 4.40. The third kappa shape index (κ3) is 7.28. The lowest BCUT2D eigenvalue weighted by atomic mass is 9.92. The molecule has 0 saturated carbocycles. The summed E-state index contributed by atoms with van der Waals surface area (Å²) in [5, 5.41) is 15.8. The Balaban J connectivity index is 0.00000306. The zero-order chi connectivity index (χ0) is 22.0. The molecular weight excluding hydrogens is 523 g/mol. The van der Waals surface area contributed by atoms with E-state index in [1.165, 1.54) is 30.4 Å². The number of halogens is 1. The van der Waals surface area contributed by atoms with Crippen molar-refractivity contribution in [2.75, 3.05) is 20.1 Å². The van der Waals surface area contributed by atoms with Crippen LogP contribution >= 0.6 is 24.0 Å². The molecule has 2 heterocycles. The molecule has 1 unspecified atom stereocenters. The largest absolute Gasteiger partial charge is 0.356 e. The first kappa shape index (κ1) is 25.2. The maximum Gasteiger partial charge on any atom is 0.191 e. The smallest absolute Gasteiger partial charge is 0.191 e. The molecule has 0 radical (unpaired) electrons. The minimum atomic E-state index is 0. The second kappa shape index (κ2) is 13.3. The van der Waals surface area contributed by atoms with Crippen molar-refractivity contribution >= 4 is 29.9 Å². The number of nitrogens with zero attached hydrogens (tertiary/aromatic N) is 4. The van der Waals surface area contributed by atoms with Gasteiger partial charge in [-0.1, -0.05) is 67.1 Å². The number of fused-ring (bicyclic) bond motifs is 1. The second-order valence-electron chi connectivity index (χ2n) is 8.42. The maximum atomic E-state index is 4.44. The monoisotopic (exact) mass is 558 g/mol. The number of nitrogens with one attached hydrogen (secondary N) is 2. The van der Waals surface area contributed by atoms with Gasteiger partial charge in [0.1, 0.15) is 11.6 Å². The Bertz CT molecular complexity index is 987. The molecule has 0 aliphatic carbocycles. The van der Waals surface area contributed by atoms with Gasteiger partial charge in [0.25, 0.3) is 0 Å². The number of guanidine groups is 1. The molecule has 4 rings (SSSR count). The predicted molar refractivity (Wildman–Crippen MR) is 145 cm³/mol. The average Bonchev–Trinajstić information content (AvgIpc) is 3.07. The number of aliphatic imine (C=N–C) groups is 1. The van der Waals surface area contributed by atoms with E-state index in [2.05, 4.69) is 91.1 Å². The molecule has 0 saturated heterocycles. The minimum Gasteiger partial charge on any atom is -0.356 e. The molecule has 0 fully saturated rings. The number of aryl methyl sites for hydroxylation is 1. The van der Waals surface area contributed by atoms with Crippen molar-refractivity contribution in [3.63, 3.8) is 0 Å². The van der Waals surface area contributed by atoms with Gasteiger partial charge in [-0.15, -0.1) is 34.2 Å². The molecule has 1 aliphatic rings. The molecule has 3 aromatic rings. The Morgan fingerprint density at radius 1 is 0.970 bits per heavy atom. The van der Waals surface area contributed by atoms with Crippen LogP contribution in [0.25, 0.3) is 0 Å². The Hall–Kier alpha value is -2.42. The maximum absolute atomic E-state index is 4.44. The fraction of sp³-hybridized carbons (Fsp3) is 0.423. The third-order valence-electron chi connectivity index (χ3n) is 6.16. The first-order chi connectivity index (χ1) is 15.8. The van der Waals surface area contributed by atoms with Gasteiger partial charge in [0.05, 0.1) is 0 Å². The molecule has 1 aromatic heterocycles. The molecule has 0 bridgehead atoms. The molecule has 0 spiro atoms. The van der Waals surface area contributed by atoms with Crippen molar-refractivity contribution in [1.29, 1.82) is 0 Å². The quantitative estimate of drug-likeness (QED) is 0.245. The van der Waals surface area contributed by atoms with E-state index >= 15 is 0 Å². The first-order valence-corrected chi connectivity index (χ1v) is 11.8. The van der Waals surface area contributed by atoms with Crippen LogP contribution in [0.2, 0.25) is 0 Å². The SMILES string of the molecule is CN=C(NCCc1nnc2n1CCCCC2)NCC(Cc1ccccc1)c1ccccc1.I. The number of hydrogen-bond acceptors (Lipinski definition) is 3. The lowest BCUT2D eigenvalue weighted by molar-refractivity contribution is 0.598. The highest BCUT2D eigenvalue weighted by atomic mass is 127. The van der Waals surface area contributed by atoms with Crippen LogP contribution < -0.4 is 10.6 Å². The Kier molecular flexibility index (Phi) is 10.2. The molecule has 2 aromatic carbocycles. The molecule has 1 atom stereocenters. The van der Waals surface area contributed by atoms with Crippen LogP contribution in [-0.2, 0) is 25.8 Å². The molecule has 0 amide bonds. The third-order valence-corrected chi connectivity index (χ3v) is 6.16. The van der Waals surface area contributed by atoms with E-state index in [9.17, 15) is 0 Å². The van der Waals surface area contributed by atoms with E-state index in [1.807, 2.05) is 7.05 Å². The van der Waals surface area contributed by atoms with Gasteiger partial charge in [-0.3, -0.25) is 4.99 Å². The summed E-state index contributed by atoms with van der Waals surface area (Å²) < 4.78 is 2.32. The van der Waals surface area contributed by atoms with E-state index in [0.717, 1.165) is 56.5 Å². The Morgan fingerprint density at radius 3 is 2.48 bits per heavy atom. The van der Waals surface area contributed by atoms with Crippen molar-refractivity contribution in [1.82, 2.24) is 25.4 Å². The number of aromatic nitrogens is 3. The van der Waals surface area contributed by atoms with Gasteiger partial charge in [-0.2, -0.15) is 0 Å². The second-order valence-corrected chi connectivity index (χ2v) is 8.42. The topological polar surface area (TPSA) is 67.1 Å². The number of hydrogen-bond donors (Lipinski definition) is 2. The van der Waals surface area contributed by atoms with E-state index in [-0.39, 0.29) is 24.0 Å². The number of benzene rings is 2. The lowest BCUT2D eigenvalue weighted by Gasteiger charge is -2.20. The van der Waals surface area contributed by atoms with Gasteiger partial charge >= 0.3 is 0 Å². The standard InChI is InChI=1S/C26H34N6.HI/c1-27-26(28-17-16-25-31-30-24-15-9-4-10-18-32(24)25)29-20-23(22-13-7-3-8-14-22)19-21-11-5-2-6-12-21;/h2-3,5-8,11-14,23H,4,9-10,15-20H2,1H3,(H2,27,28,29);1H. The van der Waals surface area contributed by atoms with Crippen LogP contribution in [0.1, 0.15) is 48.0 Å². The Labute approximate surface area is 214 Å². The fourth-order valence-corrected chi connectivity index (χ4v) is 4.40. The Morgan fingerprint density at radius 2 is 1.73 bits per heavy atom. The van der Waals surface area contributed by atoms with Crippen LogP contribution in [0.5, 0.6) is 0 Å². The summed E-state index contributed by atoms with van der Waals surface area (Å²) >= 11 is 0. The van der Waals surface area contributed by atoms with Crippen LogP contribution in [-0.4, -0.2) is 40.9 Å². The highest BCUT2D eigenvalue weighted by Gasteiger charge is 2.15. The molecule has 7 heteroatoms. The van der Waals surface area contributed by atoms with Crippen LogP contribution in [0.3, 0.4) is 0 Å². The van der Waals surface area contributed by atoms with Gasteiger partial charge in [-0.25, -0.2) is 0 Å². The summed E-state index contributed by atoms with van der Waals surface area (Å²) in [7, 11) is 1.83. The van der Waals surface area contributed by atoms with Crippen molar-refractivity contribution in [3.05, 3.63) is 83.4 Å². The number of rotatable bonds is 8. The zero-order valence-electron chi connectivity index (χ0n) is 19.4. The molecule has 1 aliphatic heterocycles. The van der Waals surface area contributed by atoms with Gasteiger partial charge in [0, 0.05) is 45.4 Å². The van der Waals surface area contributed by atoms with Crippen molar-refractivity contribution in [2.24, 2.45) is 4.99 Å². The molecule has 6 nitrogen and oxygen atoms in total. The van der Waals surface area contributed by atoms with Gasteiger partial charge in [-0.05, 0) is 30.4 Å². The van der Waals surface area contributed by atoms with Crippen LogP contribution in [0.4, 0.5) is 0 Å². The van der Waals surface area contributed by atoms with Gasteiger partial charge in [0.15, 0.2) is 5.96 Å². The summed E-state index contributed by atoms with van der Waals surface area (Å²) in [4.78, 5) is 4.43. The molecule has 2 N–H and O–H groups in total. The van der Waals surface area contributed by atoms with E-state index in [0.29, 0.717) is 5.92 Å². The van der Waals surface area contributed by atoms with Crippen LogP contribution in [0.15, 0.2) is 65.7 Å². The van der Waals surface area contributed by atoms with Crippen molar-refractivity contribution in [2.45, 2.75) is 51.0 Å². The molecule has 176 valence electrons. The summed E-state index contributed by atoms with van der Waals surface area (Å²) in [6.07, 6.45) is 6.60. The van der Waals surface area contributed by atoms with Crippen LogP contribution in [0, 0.1) is 0 Å². The lowest BCUT2D eigenvalue weighted by Crippen LogP contribution is -2.40. The highest BCUT2D eigenvalue weighted by Crippen LogP contribution is 2.20. The zero-order valence-corrected chi connectivity index (χ0v) is 21.7. The van der Waals surface area contributed by atoms with E-state index in [1.54, 1.807) is 0 Å². The van der Waals surface area contributed by atoms with Gasteiger partial charge < -0.3 is 15.2 Å². The molecule has 33 heavy (non-hydrogen) atoms. The van der Waals surface area contributed by atoms with Crippen molar-refractivity contribution < 1.29 is 0 Å². The summed E-state index contributed by atoms with van der Waals surface area (Å²) in [5.41, 5.74) is 2.68. The normalized spacial score (nSPS) is 14.5. The minimum absolute atomic E-state index is 0. The first-order valence-electron chi connectivity index (χ1n) is 11.8. The van der Waals surface area contributed by atoms with Gasteiger partial charge in [0.2, 0.25) is 0 Å². The highest BCUT2D eigenvalue weighted by molar-refractivity contribution is 14.0. The summed E-state index contributed by atoms with van der Waals surface area (Å²) in [6, 6.07) is 21.4. The molecular formula is C26H35IN6. The van der Waals surface area contributed by atoms with E-state index < -0.39 is 0 Å². The average molecular weight is 559 g/mol. The van der Waals surface area contributed by atoms with E-state index in [4.69, 9.17) is 0 Å². The predicted octanol–water partition coefficient (Wildman–Crippen LogP) is 4.36. The summed E-state index contributed by atoms with van der Waals surface area (Å²) in [5.74, 6) is 3.42. The summed E-state index contributed by atoms with van der Waals surface area (Å²) in [6.45, 7) is 2.65. The van der Waals surface area contributed by atoms with Crippen molar-refractivity contribution in [3.8, 4) is 0 Å².